The SMILES string of the molecule is CNC(=O)c1ccc(=O)n(CC(=O)NC2CCCC2)c1. The van der Waals surface area contributed by atoms with Gasteiger partial charge in [-0.25, -0.2) is 0 Å². The molecule has 1 heterocycles. The Morgan fingerprint density at radius 1 is 1.30 bits per heavy atom. The first-order valence-corrected chi connectivity index (χ1v) is 6.82. The molecule has 2 rings (SSSR count). The third-order valence-corrected chi connectivity index (χ3v) is 3.51. The van der Waals surface area contributed by atoms with Crippen LogP contribution in [-0.2, 0) is 11.3 Å². The van der Waals surface area contributed by atoms with E-state index >= 15 is 0 Å². The number of rotatable bonds is 4. The third-order valence-electron chi connectivity index (χ3n) is 3.51. The van der Waals surface area contributed by atoms with Crippen molar-refractivity contribution in [2.45, 2.75) is 38.3 Å². The average Bonchev–Trinajstić information content (AvgIpc) is 2.93. The molecule has 0 atom stereocenters. The summed E-state index contributed by atoms with van der Waals surface area (Å²) in [4.78, 5) is 35.1. The van der Waals surface area contributed by atoms with Crippen LogP contribution in [0.1, 0.15) is 36.0 Å². The van der Waals surface area contributed by atoms with Crippen LogP contribution in [0.3, 0.4) is 0 Å². The minimum Gasteiger partial charge on any atom is -0.355 e. The van der Waals surface area contributed by atoms with Crippen molar-refractivity contribution in [3.05, 3.63) is 34.2 Å². The number of nitrogens with zero attached hydrogens (tertiary/aromatic N) is 1. The van der Waals surface area contributed by atoms with Crippen molar-refractivity contribution < 1.29 is 9.59 Å². The van der Waals surface area contributed by atoms with Crippen molar-refractivity contribution in [3.63, 3.8) is 0 Å². The fourth-order valence-corrected chi connectivity index (χ4v) is 2.43. The minimum absolute atomic E-state index is 0.0554. The highest BCUT2D eigenvalue weighted by Crippen LogP contribution is 2.17. The van der Waals surface area contributed by atoms with Gasteiger partial charge in [-0.2, -0.15) is 0 Å². The van der Waals surface area contributed by atoms with Gasteiger partial charge in [0.1, 0.15) is 6.54 Å². The first-order chi connectivity index (χ1) is 9.60. The summed E-state index contributed by atoms with van der Waals surface area (Å²) in [6, 6.07) is 2.97. The molecule has 1 aliphatic rings. The van der Waals surface area contributed by atoms with Crippen molar-refractivity contribution in [2.75, 3.05) is 7.05 Å². The molecule has 2 amide bonds. The fourth-order valence-electron chi connectivity index (χ4n) is 2.43. The lowest BCUT2D eigenvalue weighted by molar-refractivity contribution is -0.122. The number of pyridine rings is 1. The van der Waals surface area contributed by atoms with Crippen LogP contribution in [0, 0.1) is 0 Å². The summed E-state index contributed by atoms with van der Waals surface area (Å²) in [6.07, 6.45) is 5.68. The second-order valence-corrected chi connectivity index (χ2v) is 5.01. The molecular formula is C14H19N3O3. The summed E-state index contributed by atoms with van der Waals surface area (Å²) in [7, 11) is 1.52. The molecule has 1 aromatic rings. The first kappa shape index (κ1) is 14.3. The number of aromatic nitrogens is 1. The molecule has 6 heteroatoms. The molecule has 0 bridgehead atoms. The zero-order chi connectivity index (χ0) is 14.5. The molecule has 6 nitrogen and oxygen atoms in total. The van der Waals surface area contributed by atoms with E-state index in [1.165, 1.54) is 29.9 Å². The van der Waals surface area contributed by atoms with E-state index in [1.807, 2.05) is 0 Å². The van der Waals surface area contributed by atoms with Crippen LogP contribution in [0.15, 0.2) is 23.1 Å². The van der Waals surface area contributed by atoms with Gasteiger partial charge in [0.05, 0.1) is 5.56 Å². The molecule has 1 fully saturated rings. The summed E-state index contributed by atoms with van der Waals surface area (Å²) in [5, 5.41) is 5.40. The molecule has 1 aliphatic carbocycles. The maximum Gasteiger partial charge on any atom is 0.252 e. The van der Waals surface area contributed by atoms with Gasteiger partial charge >= 0.3 is 0 Å². The summed E-state index contributed by atoms with van der Waals surface area (Å²) in [5.74, 6) is -0.469. The molecular weight excluding hydrogens is 258 g/mol. The van der Waals surface area contributed by atoms with Gasteiger partial charge in [-0.3, -0.25) is 14.4 Å². The van der Waals surface area contributed by atoms with Crippen LogP contribution in [-0.4, -0.2) is 29.5 Å². The summed E-state index contributed by atoms with van der Waals surface area (Å²) < 4.78 is 1.26. The highest BCUT2D eigenvalue weighted by molar-refractivity contribution is 5.93. The topological polar surface area (TPSA) is 80.2 Å². The first-order valence-electron chi connectivity index (χ1n) is 6.82. The number of hydrogen-bond acceptors (Lipinski definition) is 3. The van der Waals surface area contributed by atoms with Crippen molar-refractivity contribution >= 4 is 11.8 Å². The van der Waals surface area contributed by atoms with E-state index in [0.29, 0.717) is 5.56 Å². The van der Waals surface area contributed by atoms with Crippen LogP contribution in [0.5, 0.6) is 0 Å². The van der Waals surface area contributed by atoms with Gasteiger partial charge in [-0.05, 0) is 18.9 Å². The zero-order valence-electron chi connectivity index (χ0n) is 11.5. The Morgan fingerprint density at radius 2 is 2.00 bits per heavy atom. The molecule has 0 aromatic carbocycles. The van der Waals surface area contributed by atoms with Gasteiger partial charge in [-0.1, -0.05) is 12.8 Å². The number of amides is 2. The average molecular weight is 277 g/mol. The van der Waals surface area contributed by atoms with E-state index in [-0.39, 0.29) is 30.0 Å². The largest absolute Gasteiger partial charge is 0.355 e. The van der Waals surface area contributed by atoms with E-state index in [1.54, 1.807) is 0 Å². The molecule has 1 aromatic heterocycles. The Kier molecular flexibility index (Phi) is 4.55. The highest BCUT2D eigenvalue weighted by atomic mass is 16.2. The van der Waals surface area contributed by atoms with Gasteiger partial charge in [0.25, 0.3) is 11.5 Å². The maximum atomic E-state index is 11.9. The van der Waals surface area contributed by atoms with Crippen molar-refractivity contribution in [1.82, 2.24) is 15.2 Å². The molecule has 108 valence electrons. The summed E-state index contributed by atoms with van der Waals surface area (Å²) >= 11 is 0. The lowest BCUT2D eigenvalue weighted by atomic mass is 10.2. The molecule has 20 heavy (non-hydrogen) atoms. The molecule has 0 radical (unpaired) electrons. The fraction of sp³-hybridized carbons (Fsp3) is 0.500. The number of nitrogens with one attached hydrogen (secondary N) is 2. The number of carbonyl (C=O) groups is 2. The molecule has 0 unspecified atom stereocenters. The third kappa shape index (κ3) is 3.46. The lowest BCUT2D eigenvalue weighted by Gasteiger charge is -2.13. The minimum atomic E-state index is -0.292. The van der Waals surface area contributed by atoms with Gasteiger partial charge < -0.3 is 15.2 Å². The molecule has 1 saturated carbocycles. The Labute approximate surface area is 117 Å². The van der Waals surface area contributed by atoms with E-state index < -0.39 is 0 Å². The van der Waals surface area contributed by atoms with Gasteiger partial charge in [0.2, 0.25) is 5.91 Å². The summed E-state index contributed by atoms with van der Waals surface area (Å²) in [5.41, 5.74) is 0.0694. The smallest absolute Gasteiger partial charge is 0.252 e. The number of carbonyl (C=O) groups excluding carboxylic acids is 2. The van der Waals surface area contributed by atoms with E-state index in [9.17, 15) is 14.4 Å². The Hall–Kier alpha value is -2.11. The second kappa shape index (κ2) is 6.36. The quantitative estimate of drug-likeness (QED) is 0.829. The molecule has 0 spiro atoms. The lowest BCUT2D eigenvalue weighted by Crippen LogP contribution is -2.37. The van der Waals surface area contributed by atoms with Crippen molar-refractivity contribution in [1.29, 1.82) is 0 Å². The molecule has 2 N–H and O–H groups in total. The normalized spacial score (nSPS) is 15.1. The van der Waals surface area contributed by atoms with Crippen LogP contribution in [0.4, 0.5) is 0 Å². The Morgan fingerprint density at radius 3 is 2.65 bits per heavy atom. The number of hydrogen-bond donors (Lipinski definition) is 2. The zero-order valence-corrected chi connectivity index (χ0v) is 11.5. The predicted molar refractivity (Wildman–Crippen MR) is 74.5 cm³/mol. The molecule has 0 saturated heterocycles. The Bertz CT molecular complexity index is 559. The molecule has 0 aliphatic heterocycles. The van der Waals surface area contributed by atoms with E-state index in [2.05, 4.69) is 10.6 Å². The van der Waals surface area contributed by atoms with Crippen molar-refractivity contribution in [2.24, 2.45) is 0 Å². The Balaban J connectivity index is 2.05. The standard InChI is InChI=1S/C14H19N3O3/c1-15-14(20)10-6-7-13(19)17(8-10)9-12(18)16-11-4-2-3-5-11/h6-8,11H,2-5,9H2,1H3,(H,15,20)(H,16,18). The van der Waals surface area contributed by atoms with Gasteiger partial charge in [0.15, 0.2) is 0 Å². The van der Waals surface area contributed by atoms with E-state index in [4.69, 9.17) is 0 Å². The monoisotopic (exact) mass is 277 g/mol. The summed E-state index contributed by atoms with van der Waals surface area (Å²) in [6.45, 7) is -0.0554. The van der Waals surface area contributed by atoms with Crippen LogP contribution in [0.25, 0.3) is 0 Å². The van der Waals surface area contributed by atoms with Crippen molar-refractivity contribution in [3.8, 4) is 0 Å². The van der Waals surface area contributed by atoms with Gasteiger partial charge in [-0.15, -0.1) is 0 Å². The maximum absolute atomic E-state index is 11.9. The second-order valence-electron chi connectivity index (χ2n) is 5.01. The van der Waals surface area contributed by atoms with E-state index in [0.717, 1.165) is 25.7 Å². The van der Waals surface area contributed by atoms with Gasteiger partial charge in [0, 0.05) is 25.4 Å². The highest BCUT2D eigenvalue weighted by Gasteiger charge is 2.17. The predicted octanol–water partition coefficient (Wildman–Crippen LogP) is 0.267. The van der Waals surface area contributed by atoms with Crippen LogP contribution < -0.4 is 16.2 Å². The van der Waals surface area contributed by atoms with Crippen LogP contribution in [0.2, 0.25) is 0 Å². The van der Waals surface area contributed by atoms with Crippen LogP contribution >= 0.6 is 0 Å².